The van der Waals surface area contributed by atoms with Gasteiger partial charge in [-0.25, -0.2) is 13.6 Å². The number of rotatable bonds is 3. The van der Waals surface area contributed by atoms with E-state index in [2.05, 4.69) is 16.8 Å². The quantitative estimate of drug-likeness (QED) is 0.863. The van der Waals surface area contributed by atoms with E-state index in [-0.39, 0.29) is 11.7 Å². The third-order valence-corrected chi connectivity index (χ3v) is 3.22. The Bertz CT molecular complexity index is 499. The Kier molecular flexibility index (Phi) is 4.68. The molecule has 0 unspecified atom stereocenters. The molecule has 1 aliphatic rings. The minimum Gasteiger partial charge on any atom is -0.322 e. The average Bonchev–Trinajstić information content (AvgIpc) is 2.43. The number of urea groups is 1. The lowest BCUT2D eigenvalue weighted by atomic mass is 10.3. The third kappa shape index (κ3) is 3.54. The van der Waals surface area contributed by atoms with E-state index >= 15 is 0 Å². The molecule has 1 aromatic carbocycles. The summed E-state index contributed by atoms with van der Waals surface area (Å²) in [4.78, 5) is 15.8. The normalized spacial score (nSPS) is 16.0. The van der Waals surface area contributed by atoms with Gasteiger partial charge >= 0.3 is 6.03 Å². The van der Waals surface area contributed by atoms with Crippen LogP contribution in [0.1, 0.15) is 0 Å². The largest absolute Gasteiger partial charge is 0.322 e. The Labute approximate surface area is 116 Å². The van der Waals surface area contributed by atoms with E-state index in [0.29, 0.717) is 13.1 Å². The predicted molar refractivity (Wildman–Crippen MR) is 73.6 cm³/mol. The first kappa shape index (κ1) is 14.5. The highest BCUT2D eigenvalue weighted by atomic mass is 19.1. The summed E-state index contributed by atoms with van der Waals surface area (Å²) in [6.07, 6.45) is 1.82. The number of benzene rings is 1. The van der Waals surface area contributed by atoms with E-state index < -0.39 is 11.6 Å². The van der Waals surface area contributed by atoms with Gasteiger partial charge in [0.2, 0.25) is 0 Å². The molecule has 4 nitrogen and oxygen atoms in total. The molecule has 108 valence electrons. The molecule has 1 fully saturated rings. The number of carbonyl (C=O) groups is 1. The number of amides is 2. The fraction of sp³-hybridized carbons (Fsp3) is 0.357. The third-order valence-electron chi connectivity index (χ3n) is 3.22. The van der Waals surface area contributed by atoms with Crippen molar-refractivity contribution in [3.63, 3.8) is 0 Å². The molecule has 0 aliphatic carbocycles. The molecule has 1 aromatic rings. The van der Waals surface area contributed by atoms with Gasteiger partial charge in [0.1, 0.15) is 11.6 Å². The molecule has 6 heteroatoms. The Morgan fingerprint density at radius 1 is 1.30 bits per heavy atom. The fourth-order valence-corrected chi connectivity index (χ4v) is 2.10. The molecule has 1 heterocycles. The first-order valence-electron chi connectivity index (χ1n) is 6.44. The lowest BCUT2D eigenvalue weighted by Crippen LogP contribution is -2.49. The van der Waals surface area contributed by atoms with Crippen LogP contribution in [0.3, 0.4) is 0 Å². The van der Waals surface area contributed by atoms with Crippen molar-refractivity contribution in [1.29, 1.82) is 0 Å². The molecular formula is C14H17F2N3O. The predicted octanol–water partition coefficient (Wildman–Crippen LogP) is 2.30. The molecule has 2 rings (SSSR count). The van der Waals surface area contributed by atoms with Crippen molar-refractivity contribution < 1.29 is 13.6 Å². The maximum atomic E-state index is 13.4. The smallest absolute Gasteiger partial charge is 0.322 e. The van der Waals surface area contributed by atoms with Crippen LogP contribution in [0.4, 0.5) is 19.3 Å². The van der Waals surface area contributed by atoms with Crippen molar-refractivity contribution in [1.82, 2.24) is 9.80 Å². The second-order valence-electron chi connectivity index (χ2n) is 4.63. The van der Waals surface area contributed by atoms with Crippen LogP contribution in [-0.2, 0) is 0 Å². The molecule has 0 bridgehead atoms. The van der Waals surface area contributed by atoms with Gasteiger partial charge in [-0.2, -0.15) is 0 Å². The maximum Gasteiger partial charge on any atom is 0.322 e. The average molecular weight is 281 g/mol. The molecule has 1 aliphatic heterocycles. The van der Waals surface area contributed by atoms with Crippen LogP contribution in [0.5, 0.6) is 0 Å². The van der Waals surface area contributed by atoms with Crippen molar-refractivity contribution in [2.24, 2.45) is 0 Å². The van der Waals surface area contributed by atoms with Gasteiger partial charge in [-0.05, 0) is 12.1 Å². The van der Waals surface area contributed by atoms with E-state index in [1.807, 2.05) is 6.08 Å². The molecule has 1 N–H and O–H groups in total. The van der Waals surface area contributed by atoms with Gasteiger partial charge in [-0.1, -0.05) is 6.08 Å². The van der Waals surface area contributed by atoms with Crippen LogP contribution in [0.25, 0.3) is 0 Å². The lowest BCUT2D eigenvalue weighted by molar-refractivity contribution is 0.155. The zero-order valence-corrected chi connectivity index (χ0v) is 11.1. The number of nitrogens with one attached hydrogen (secondary N) is 1. The highest BCUT2D eigenvalue weighted by molar-refractivity contribution is 5.89. The van der Waals surface area contributed by atoms with E-state index in [0.717, 1.165) is 31.8 Å². The summed E-state index contributed by atoms with van der Waals surface area (Å²) in [5.74, 6) is -1.44. The van der Waals surface area contributed by atoms with Gasteiger partial charge in [0.15, 0.2) is 0 Å². The molecular weight excluding hydrogens is 264 g/mol. The van der Waals surface area contributed by atoms with Gasteiger partial charge in [0, 0.05) is 38.8 Å². The number of halogens is 2. The molecule has 20 heavy (non-hydrogen) atoms. The molecule has 0 atom stereocenters. The summed E-state index contributed by atoms with van der Waals surface area (Å²) in [7, 11) is 0. The van der Waals surface area contributed by atoms with Crippen LogP contribution < -0.4 is 5.32 Å². The van der Waals surface area contributed by atoms with Crippen LogP contribution in [0.2, 0.25) is 0 Å². The fourth-order valence-electron chi connectivity index (χ4n) is 2.10. The first-order chi connectivity index (χ1) is 9.60. The van der Waals surface area contributed by atoms with Gasteiger partial charge in [0.05, 0.1) is 5.69 Å². The Morgan fingerprint density at radius 2 is 2.00 bits per heavy atom. The number of piperazine rings is 1. The van der Waals surface area contributed by atoms with E-state index in [4.69, 9.17) is 0 Å². The zero-order chi connectivity index (χ0) is 14.5. The topological polar surface area (TPSA) is 35.6 Å². The van der Waals surface area contributed by atoms with Crippen molar-refractivity contribution in [3.05, 3.63) is 42.5 Å². The molecule has 0 aromatic heterocycles. The monoisotopic (exact) mass is 281 g/mol. The van der Waals surface area contributed by atoms with E-state index in [9.17, 15) is 13.6 Å². The van der Waals surface area contributed by atoms with Crippen molar-refractivity contribution in [2.75, 3.05) is 38.0 Å². The molecule has 1 saturated heterocycles. The van der Waals surface area contributed by atoms with Crippen LogP contribution >= 0.6 is 0 Å². The minimum absolute atomic E-state index is 0.00933. The summed E-state index contributed by atoms with van der Waals surface area (Å²) in [5.41, 5.74) is -0.00933. The molecule has 0 spiro atoms. The van der Waals surface area contributed by atoms with E-state index in [1.54, 1.807) is 4.90 Å². The van der Waals surface area contributed by atoms with E-state index in [1.165, 1.54) is 6.07 Å². The van der Waals surface area contributed by atoms with Gasteiger partial charge in [-0.15, -0.1) is 6.58 Å². The standard InChI is InChI=1S/C14H17F2N3O/c1-2-5-18-6-8-19(9-7-18)14(20)17-13-4-3-11(15)10-12(13)16/h2-4,10H,1,5-9H2,(H,17,20). The number of hydrogen-bond acceptors (Lipinski definition) is 2. The number of carbonyl (C=O) groups excluding carboxylic acids is 1. The Morgan fingerprint density at radius 3 is 2.60 bits per heavy atom. The number of hydrogen-bond donors (Lipinski definition) is 1. The highest BCUT2D eigenvalue weighted by Gasteiger charge is 2.21. The second-order valence-corrected chi connectivity index (χ2v) is 4.63. The van der Waals surface area contributed by atoms with Crippen LogP contribution in [0.15, 0.2) is 30.9 Å². The number of nitrogens with zero attached hydrogens (tertiary/aromatic N) is 2. The van der Waals surface area contributed by atoms with Gasteiger partial charge in [-0.3, -0.25) is 4.90 Å². The lowest BCUT2D eigenvalue weighted by Gasteiger charge is -2.34. The Balaban J connectivity index is 1.91. The summed E-state index contributed by atoms with van der Waals surface area (Å²) in [6.45, 7) is 7.12. The molecule has 2 amide bonds. The van der Waals surface area contributed by atoms with Crippen LogP contribution in [0, 0.1) is 11.6 Å². The summed E-state index contributed by atoms with van der Waals surface area (Å²) in [6, 6.07) is 2.71. The Hall–Kier alpha value is -1.95. The van der Waals surface area contributed by atoms with Gasteiger partial charge < -0.3 is 10.2 Å². The zero-order valence-electron chi connectivity index (χ0n) is 11.1. The summed E-state index contributed by atoms with van der Waals surface area (Å²) >= 11 is 0. The second kappa shape index (κ2) is 6.47. The summed E-state index contributed by atoms with van der Waals surface area (Å²) < 4.78 is 26.2. The first-order valence-corrected chi connectivity index (χ1v) is 6.44. The van der Waals surface area contributed by atoms with Crippen molar-refractivity contribution in [2.45, 2.75) is 0 Å². The van der Waals surface area contributed by atoms with Crippen molar-refractivity contribution in [3.8, 4) is 0 Å². The maximum absolute atomic E-state index is 13.4. The minimum atomic E-state index is -0.774. The number of anilines is 1. The molecule has 0 saturated carbocycles. The highest BCUT2D eigenvalue weighted by Crippen LogP contribution is 2.16. The summed E-state index contributed by atoms with van der Waals surface area (Å²) in [5, 5.41) is 2.46. The van der Waals surface area contributed by atoms with Gasteiger partial charge in [0.25, 0.3) is 0 Å². The van der Waals surface area contributed by atoms with Crippen molar-refractivity contribution >= 4 is 11.7 Å². The van der Waals surface area contributed by atoms with Crippen LogP contribution in [-0.4, -0.2) is 48.6 Å². The molecule has 0 radical (unpaired) electrons. The SMILES string of the molecule is C=CCN1CCN(C(=O)Nc2ccc(F)cc2F)CC1.